The lowest BCUT2D eigenvalue weighted by Gasteiger charge is -2.16. The summed E-state index contributed by atoms with van der Waals surface area (Å²) in [5.41, 5.74) is 0. The molecule has 0 aromatic heterocycles. The molecule has 16 heavy (non-hydrogen) atoms. The van der Waals surface area contributed by atoms with Crippen LogP contribution in [0.25, 0.3) is 0 Å². The Morgan fingerprint density at radius 1 is 1.31 bits per heavy atom. The van der Waals surface area contributed by atoms with Gasteiger partial charge in [-0.1, -0.05) is 33.1 Å². The smallest absolute Gasteiger partial charge is 0.306 e. The number of aliphatic hydroxyl groups excluding tert-OH is 1. The maximum Gasteiger partial charge on any atom is 0.306 e. The Labute approximate surface area is 98.1 Å². The maximum absolute atomic E-state index is 10.3. The summed E-state index contributed by atoms with van der Waals surface area (Å²) < 4.78 is 0. The van der Waals surface area contributed by atoms with Gasteiger partial charge in [-0.3, -0.25) is 4.79 Å². The fourth-order valence-electron chi connectivity index (χ4n) is 1.67. The zero-order valence-corrected chi connectivity index (χ0v) is 10.4. The van der Waals surface area contributed by atoms with Crippen molar-refractivity contribution in [1.29, 1.82) is 0 Å². The Morgan fingerprint density at radius 2 is 2.00 bits per heavy atom. The molecule has 0 spiro atoms. The van der Waals surface area contributed by atoms with E-state index in [9.17, 15) is 9.90 Å². The van der Waals surface area contributed by atoms with Crippen LogP contribution >= 0.6 is 0 Å². The molecule has 0 fully saturated rings. The van der Waals surface area contributed by atoms with Crippen LogP contribution in [0.5, 0.6) is 0 Å². The number of nitrogens with one attached hydrogen (secondary N) is 1. The van der Waals surface area contributed by atoms with Crippen LogP contribution in [0.1, 0.15) is 46.0 Å². The Hall–Kier alpha value is -0.610. The van der Waals surface area contributed by atoms with Gasteiger partial charge in [0.2, 0.25) is 0 Å². The van der Waals surface area contributed by atoms with Gasteiger partial charge in [-0.2, -0.15) is 0 Å². The molecule has 0 aromatic rings. The number of hydrogen-bond donors (Lipinski definition) is 3. The van der Waals surface area contributed by atoms with E-state index in [0.717, 1.165) is 13.0 Å². The first-order valence-corrected chi connectivity index (χ1v) is 6.20. The highest BCUT2D eigenvalue weighted by Crippen LogP contribution is 2.11. The van der Waals surface area contributed by atoms with Crippen LogP contribution in [0.15, 0.2) is 0 Å². The van der Waals surface area contributed by atoms with Gasteiger partial charge in [0, 0.05) is 6.54 Å². The Bertz CT molecular complexity index is 185. The van der Waals surface area contributed by atoms with Gasteiger partial charge in [-0.25, -0.2) is 0 Å². The number of aliphatic hydroxyl groups is 1. The summed E-state index contributed by atoms with van der Waals surface area (Å²) in [5, 5.41) is 20.9. The van der Waals surface area contributed by atoms with Crippen molar-refractivity contribution < 1.29 is 15.0 Å². The van der Waals surface area contributed by atoms with E-state index in [0.29, 0.717) is 12.5 Å². The average molecular weight is 231 g/mol. The van der Waals surface area contributed by atoms with Crippen molar-refractivity contribution in [2.24, 2.45) is 5.92 Å². The van der Waals surface area contributed by atoms with Crippen molar-refractivity contribution in [2.45, 2.75) is 52.1 Å². The van der Waals surface area contributed by atoms with E-state index < -0.39 is 12.1 Å². The van der Waals surface area contributed by atoms with E-state index >= 15 is 0 Å². The molecule has 2 atom stereocenters. The van der Waals surface area contributed by atoms with Crippen LogP contribution in [0.4, 0.5) is 0 Å². The van der Waals surface area contributed by atoms with Gasteiger partial charge in [-0.05, 0) is 18.9 Å². The van der Waals surface area contributed by atoms with E-state index in [2.05, 4.69) is 19.2 Å². The molecule has 0 rings (SSSR count). The van der Waals surface area contributed by atoms with Gasteiger partial charge >= 0.3 is 5.97 Å². The molecule has 0 heterocycles. The number of unbranched alkanes of at least 4 members (excludes halogenated alkanes) is 1. The summed E-state index contributed by atoms with van der Waals surface area (Å²) in [6.45, 7) is 5.58. The van der Waals surface area contributed by atoms with E-state index in [-0.39, 0.29) is 6.42 Å². The van der Waals surface area contributed by atoms with E-state index in [4.69, 9.17) is 5.11 Å². The molecule has 0 saturated carbocycles. The predicted octanol–water partition coefficient (Wildman–Crippen LogP) is 1.63. The van der Waals surface area contributed by atoms with E-state index in [1.807, 2.05) is 0 Å². The van der Waals surface area contributed by atoms with Crippen LogP contribution in [0.3, 0.4) is 0 Å². The maximum atomic E-state index is 10.3. The minimum atomic E-state index is -0.952. The van der Waals surface area contributed by atoms with E-state index in [1.165, 1.54) is 19.3 Å². The second kappa shape index (κ2) is 9.60. The van der Waals surface area contributed by atoms with Crippen LogP contribution < -0.4 is 5.32 Å². The SMILES string of the molecule is CCCCC(CC)CNCC(O)CC(=O)O. The number of carboxylic acid groups (broad SMARTS) is 1. The first-order chi connectivity index (χ1) is 7.60. The Morgan fingerprint density at radius 3 is 2.50 bits per heavy atom. The highest BCUT2D eigenvalue weighted by atomic mass is 16.4. The first-order valence-electron chi connectivity index (χ1n) is 6.20. The molecule has 0 radical (unpaired) electrons. The van der Waals surface area contributed by atoms with Crippen LogP contribution in [0.2, 0.25) is 0 Å². The second-order valence-electron chi connectivity index (χ2n) is 4.33. The van der Waals surface area contributed by atoms with Crippen molar-refractivity contribution in [3.05, 3.63) is 0 Å². The van der Waals surface area contributed by atoms with Crippen LogP contribution in [-0.4, -0.2) is 35.4 Å². The standard InChI is InChI=1S/C12H25NO3/c1-3-5-6-10(4-2)8-13-9-11(14)7-12(15)16/h10-11,13-14H,3-9H2,1-2H3,(H,15,16). The Kier molecular flexibility index (Phi) is 9.24. The minimum Gasteiger partial charge on any atom is -0.481 e. The van der Waals surface area contributed by atoms with Crippen molar-refractivity contribution in [2.75, 3.05) is 13.1 Å². The topological polar surface area (TPSA) is 69.6 Å². The molecule has 0 amide bonds. The molecule has 0 saturated heterocycles. The van der Waals surface area contributed by atoms with Gasteiger partial charge in [0.05, 0.1) is 12.5 Å². The summed E-state index contributed by atoms with van der Waals surface area (Å²) in [6.07, 6.45) is 3.81. The number of carboxylic acids is 1. The molecule has 0 aliphatic heterocycles. The number of aliphatic carboxylic acids is 1. The molecule has 0 aliphatic carbocycles. The summed E-state index contributed by atoms with van der Waals surface area (Å²) in [4.78, 5) is 10.3. The second-order valence-corrected chi connectivity index (χ2v) is 4.33. The molecule has 0 aliphatic rings. The summed E-state index contributed by atoms with van der Waals surface area (Å²) in [7, 11) is 0. The largest absolute Gasteiger partial charge is 0.481 e. The molecule has 3 N–H and O–H groups in total. The molecule has 96 valence electrons. The van der Waals surface area contributed by atoms with Crippen molar-refractivity contribution in [3.63, 3.8) is 0 Å². The van der Waals surface area contributed by atoms with Crippen LogP contribution in [0, 0.1) is 5.92 Å². The third-order valence-electron chi connectivity index (χ3n) is 2.77. The first kappa shape index (κ1) is 15.4. The van der Waals surface area contributed by atoms with E-state index in [1.54, 1.807) is 0 Å². The highest BCUT2D eigenvalue weighted by molar-refractivity contribution is 5.67. The Balaban J connectivity index is 3.56. The van der Waals surface area contributed by atoms with Crippen molar-refractivity contribution in [1.82, 2.24) is 5.32 Å². The fourth-order valence-corrected chi connectivity index (χ4v) is 1.67. The molecule has 0 bridgehead atoms. The predicted molar refractivity (Wildman–Crippen MR) is 64.4 cm³/mol. The molecule has 4 heteroatoms. The lowest BCUT2D eigenvalue weighted by atomic mass is 9.99. The minimum absolute atomic E-state index is 0.182. The lowest BCUT2D eigenvalue weighted by molar-refractivity contribution is -0.139. The zero-order chi connectivity index (χ0) is 12.4. The van der Waals surface area contributed by atoms with Crippen LogP contribution in [-0.2, 0) is 4.79 Å². The number of hydrogen-bond acceptors (Lipinski definition) is 3. The third-order valence-corrected chi connectivity index (χ3v) is 2.77. The molecule has 2 unspecified atom stereocenters. The zero-order valence-electron chi connectivity index (χ0n) is 10.4. The normalized spacial score (nSPS) is 14.7. The lowest BCUT2D eigenvalue weighted by Crippen LogP contribution is -2.32. The molecule has 4 nitrogen and oxygen atoms in total. The summed E-state index contributed by atoms with van der Waals surface area (Å²) >= 11 is 0. The quantitative estimate of drug-likeness (QED) is 0.534. The number of rotatable bonds is 10. The fraction of sp³-hybridized carbons (Fsp3) is 0.917. The third kappa shape index (κ3) is 8.68. The summed E-state index contributed by atoms with van der Waals surface area (Å²) in [5.74, 6) is -0.315. The van der Waals surface area contributed by atoms with Crippen molar-refractivity contribution in [3.8, 4) is 0 Å². The monoisotopic (exact) mass is 231 g/mol. The van der Waals surface area contributed by atoms with Gasteiger partial charge < -0.3 is 15.5 Å². The molecular weight excluding hydrogens is 206 g/mol. The average Bonchev–Trinajstić information content (AvgIpc) is 2.22. The van der Waals surface area contributed by atoms with Gasteiger partial charge in [0.15, 0.2) is 0 Å². The molecular formula is C12H25NO3. The van der Waals surface area contributed by atoms with Gasteiger partial charge in [-0.15, -0.1) is 0 Å². The van der Waals surface area contributed by atoms with Crippen molar-refractivity contribution >= 4 is 5.97 Å². The highest BCUT2D eigenvalue weighted by Gasteiger charge is 2.10. The summed E-state index contributed by atoms with van der Waals surface area (Å²) in [6, 6.07) is 0. The molecule has 0 aromatic carbocycles. The van der Waals surface area contributed by atoms with Gasteiger partial charge in [0.25, 0.3) is 0 Å². The number of carbonyl (C=O) groups is 1. The van der Waals surface area contributed by atoms with Gasteiger partial charge in [0.1, 0.15) is 0 Å².